The third-order valence-electron chi connectivity index (χ3n) is 5.64. The highest BCUT2D eigenvalue weighted by atomic mass is 16.2. The van der Waals surface area contributed by atoms with Crippen LogP contribution >= 0.6 is 0 Å². The van der Waals surface area contributed by atoms with Crippen molar-refractivity contribution in [1.29, 1.82) is 0 Å². The number of rotatable bonds is 6. The van der Waals surface area contributed by atoms with E-state index in [2.05, 4.69) is 52.5 Å². The Labute approximate surface area is 156 Å². The molecule has 1 amide bonds. The molecule has 5 heteroatoms. The number of imidazole rings is 1. The molecule has 26 heavy (non-hydrogen) atoms. The van der Waals surface area contributed by atoms with Gasteiger partial charge in [0, 0.05) is 38.6 Å². The standard InChI is InChI=1S/C21H30N4O/c1-16(2)9-10-25-19-6-4-3-5-18(19)22-20(25)15-23-11-13-24(14-12-23)21(26)17-7-8-17/h3-6,16-17H,7-15H2,1-2H3. The number of aromatic nitrogens is 2. The van der Waals surface area contributed by atoms with Crippen LogP contribution in [0.2, 0.25) is 0 Å². The Balaban J connectivity index is 1.45. The highest BCUT2D eigenvalue weighted by Crippen LogP contribution is 2.31. The maximum absolute atomic E-state index is 12.2. The lowest BCUT2D eigenvalue weighted by atomic mass is 10.1. The Morgan fingerprint density at radius 1 is 1.15 bits per heavy atom. The Hall–Kier alpha value is -1.88. The smallest absolute Gasteiger partial charge is 0.225 e. The van der Waals surface area contributed by atoms with Crippen LogP contribution in [0.4, 0.5) is 0 Å². The Bertz CT molecular complexity index is 769. The molecule has 0 radical (unpaired) electrons. The van der Waals surface area contributed by atoms with Crippen molar-refractivity contribution in [3.63, 3.8) is 0 Å². The van der Waals surface area contributed by atoms with Gasteiger partial charge in [-0.05, 0) is 37.3 Å². The number of piperazine rings is 1. The first kappa shape index (κ1) is 17.5. The third kappa shape index (κ3) is 3.78. The SMILES string of the molecule is CC(C)CCn1c(CN2CCN(C(=O)C3CC3)CC2)nc2ccccc21. The summed E-state index contributed by atoms with van der Waals surface area (Å²) in [5.74, 6) is 2.56. The van der Waals surface area contributed by atoms with E-state index in [1.54, 1.807) is 0 Å². The highest BCUT2D eigenvalue weighted by molar-refractivity contribution is 5.81. The number of para-hydroxylation sites is 2. The van der Waals surface area contributed by atoms with Crippen LogP contribution in [0.15, 0.2) is 24.3 Å². The minimum atomic E-state index is 0.335. The summed E-state index contributed by atoms with van der Waals surface area (Å²) < 4.78 is 2.40. The van der Waals surface area contributed by atoms with Gasteiger partial charge >= 0.3 is 0 Å². The molecule has 5 nitrogen and oxygen atoms in total. The second-order valence-corrected chi connectivity index (χ2v) is 8.23. The summed E-state index contributed by atoms with van der Waals surface area (Å²) >= 11 is 0. The Kier molecular flexibility index (Phi) is 4.98. The van der Waals surface area contributed by atoms with Crippen molar-refractivity contribution in [2.24, 2.45) is 11.8 Å². The van der Waals surface area contributed by atoms with Crippen LogP contribution in [0.25, 0.3) is 11.0 Å². The molecule has 0 bridgehead atoms. The van der Waals surface area contributed by atoms with Gasteiger partial charge in [0.1, 0.15) is 5.82 Å². The average Bonchev–Trinajstić information content (AvgIpc) is 3.43. The van der Waals surface area contributed by atoms with E-state index >= 15 is 0 Å². The first-order chi connectivity index (χ1) is 12.6. The van der Waals surface area contributed by atoms with Crippen molar-refractivity contribution >= 4 is 16.9 Å². The summed E-state index contributed by atoms with van der Waals surface area (Å²) in [6.45, 7) is 10.1. The zero-order valence-corrected chi connectivity index (χ0v) is 16.0. The molecule has 0 spiro atoms. The van der Waals surface area contributed by atoms with Crippen LogP contribution in [0.3, 0.4) is 0 Å². The minimum Gasteiger partial charge on any atom is -0.340 e. The van der Waals surface area contributed by atoms with Crippen LogP contribution in [0, 0.1) is 11.8 Å². The second-order valence-electron chi connectivity index (χ2n) is 8.23. The molecule has 1 saturated carbocycles. The fourth-order valence-electron chi connectivity index (χ4n) is 3.80. The topological polar surface area (TPSA) is 41.4 Å². The lowest BCUT2D eigenvalue weighted by Crippen LogP contribution is -2.49. The van der Waals surface area contributed by atoms with Gasteiger partial charge in [-0.1, -0.05) is 26.0 Å². The van der Waals surface area contributed by atoms with E-state index < -0.39 is 0 Å². The fourth-order valence-corrected chi connectivity index (χ4v) is 3.80. The van der Waals surface area contributed by atoms with E-state index in [1.165, 1.54) is 5.52 Å². The number of fused-ring (bicyclic) bond motifs is 1. The molecule has 0 atom stereocenters. The van der Waals surface area contributed by atoms with E-state index in [1.807, 2.05) is 0 Å². The molecule has 140 valence electrons. The van der Waals surface area contributed by atoms with Gasteiger partial charge < -0.3 is 9.47 Å². The van der Waals surface area contributed by atoms with Crippen molar-refractivity contribution in [2.45, 2.75) is 46.2 Å². The van der Waals surface area contributed by atoms with Gasteiger partial charge in [0.25, 0.3) is 0 Å². The van der Waals surface area contributed by atoms with Crippen molar-refractivity contribution in [1.82, 2.24) is 19.4 Å². The molecular formula is C21H30N4O. The van der Waals surface area contributed by atoms with Crippen LogP contribution in [0.1, 0.15) is 38.9 Å². The average molecular weight is 354 g/mol. The van der Waals surface area contributed by atoms with Crippen molar-refractivity contribution in [3.8, 4) is 0 Å². The second kappa shape index (κ2) is 7.39. The fraction of sp³-hybridized carbons (Fsp3) is 0.619. The molecule has 2 aliphatic rings. The monoisotopic (exact) mass is 354 g/mol. The number of nitrogens with zero attached hydrogens (tertiary/aromatic N) is 4. The van der Waals surface area contributed by atoms with E-state index in [-0.39, 0.29) is 0 Å². The summed E-state index contributed by atoms with van der Waals surface area (Å²) in [5, 5.41) is 0. The minimum absolute atomic E-state index is 0.335. The van der Waals surface area contributed by atoms with Gasteiger partial charge in [0.15, 0.2) is 0 Å². The van der Waals surface area contributed by atoms with Crippen molar-refractivity contribution < 1.29 is 4.79 Å². The molecule has 1 saturated heterocycles. The predicted octanol–water partition coefficient (Wildman–Crippen LogP) is 3.14. The first-order valence-corrected chi connectivity index (χ1v) is 10.1. The van der Waals surface area contributed by atoms with E-state index in [0.717, 1.165) is 69.9 Å². The molecule has 0 unspecified atom stereocenters. The number of carbonyl (C=O) groups is 1. The van der Waals surface area contributed by atoms with Crippen molar-refractivity contribution in [3.05, 3.63) is 30.1 Å². The molecule has 2 aromatic rings. The number of benzene rings is 1. The first-order valence-electron chi connectivity index (χ1n) is 10.1. The van der Waals surface area contributed by atoms with E-state index in [9.17, 15) is 4.79 Å². The zero-order chi connectivity index (χ0) is 18.1. The summed E-state index contributed by atoms with van der Waals surface area (Å²) in [7, 11) is 0. The molecule has 4 rings (SSSR count). The third-order valence-corrected chi connectivity index (χ3v) is 5.64. The molecule has 1 aliphatic heterocycles. The maximum atomic E-state index is 12.2. The van der Waals surface area contributed by atoms with E-state index in [0.29, 0.717) is 17.7 Å². The molecule has 2 heterocycles. The lowest BCUT2D eigenvalue weighted by Gasteiger charge is -2.34. The summed E-state index contributed by atoms with van der Waals surface area (Å²) in [6, 6.07) is 8.45. The number of hydrogen-bond acceptors (Lipinski definition) is 3. The van der Waals surface area contributed by atoms with Crippen LogP contribution in [0.5, 0.6) is 0 Å². The number of aryl methyl sites for hydroxylation is 1. The highest BCUT2D eigenvalue weighted by Gasteiger charge is 2.34. The van der Waals surface area contributed by atoms with Crippen molar-refractivity contribution in [2.75, 3.05) is 26.2 Å². The Morgan fingerprint density at radius 3 is 2.58 bits per heavy atom. The van der Waals surface area contributed by atoms with Crippen LogP contribution < -0.4 is 0 Å². The molecule has 0 N–H and O–H groups in total. The Morgan fingerprint density at radius 2 is 1.88 bits per heavy atom. The normalized spacial score (nSPS) is 18.8. The molecule has 1 aromatic heterocycles. The predicted molar refractivity (Wildman–Crippen MR) is 104 cm³/mol. The number of hydrogen-bond donors (Lipinski definition) is 0. The van der Waals surface area contributed by atoms with E-state index in [4.69, 9.17) is 4.98 Å². The van der Waals surface area contributed by atoms with Gasteiger partial charge in [-0.15, -0.1) is 0 Å². The quantitative estimate of drug-likeness (QED) is 0.800. The van der Waals surface area contributed by atoms with Gasteiger partial charge in [-0.25, -0.2) is 4.98 Å². The van der Waals surface area contributed by atoms with Gasteiger partial charge in [-0.3, -0.25) is 9.69 Å². The summed E-state index contributed by atoms with van der Waals surface area (Å²) in [6.07, 6.45) is 3.36. The molecule has 1 aromatic carbocycles. The van der Waals surface area contributed by atoms with Crippen LogP contribution in [-0.2, 0) is 17.9 Å². The molecular weight excluding hydrogens is 324 g/mol. The summed E-state index contributed by atoms with van der Waals surface area (Å²) in [5.41, 5.74) is 2.33. The number of amides is 1. The lowest BCUT2D eigenvalue weighted by molar-refractivity contribution is -0.134. The zero-order valence-electron chi connectivity index (χ0n) is 16.0. The number of carbonyl (C=O) groups excluding carboxylic acids is 1. The van der Waals surface area contributed by atoms with Crippen LogP contribution in [-0.4, -0.2) is 51.4 Å². The van der Waals surface area contributed by atoms with Gasteiger partial charge in [0.2, 0.25) is 5.91 Å². The summed E-state index contributed by atoms with van der Waals surface area (Å²) in [4.78, 5) is 21.7. The molecule has 1 aliphatic carbocycles. The maximum Gasteiger partial charge on any atom is 0.225 e. The van der Waals surface area contributed by atoms with Gasteiger partial charge in [-0.2, -0.15) is 0 Å². The van der Waals surface area contributed by atoms with Gasteiger partial charge in [0.05, 0.1) is 17.6 Å². The molecule has 2 fully saturated rings. The largest absolute Gasteiger partial charge is 0.340 e.